The van der Waals surface area contributed by atoms with Crippen LogP contribution in [0.2, 0.25) is 0 Å². The van der Waals surface area contributed by atoms with E-state index in [9.17, 15) is 21.6 Å². The van der Waals surface area contributed by atoms with Crippen LogP contribution in [-0.2, 0) is 14.4 Å². The Labute approximate surface area is 102 Å². The molecule has 0 aromatic heterocycles. The van der Waals surface area contributed by atoms with E-state index in [2.05, 4.69) is 9.44 Å². The largest absolute Gasteiger partial charge is 0.536 e. The molecule has 4 nitrogen and oxygen atoms in total. The minimum Gasteiger partial charge on any atom is -0.262 e. The zero-order valence-electron chi connectivity index (χ0n) is 9.52. The Hall–Kier alpha value is -1.57. The van der Waals surface area contributed by atoms with E-state index in [1.807, 2.05) is 6.92 Å². The molecule has 0 N–H and O–H groups in total. The van der Waals surface area contributed by atoms with Crippen molar-refractivity contribution in [3.8, 4) is 0 Å². The van der Waals surface area contributed by atoms with Gasteiger partial charge in [0, 0.05) is 0 Å². The monoisotopic (exact) mass is 281 g/mol. The van der Waals surface area contributed by atoms with Crippen LogP contribution in [0, 0.1) is 6.92 Å². The molecule has 0 unspecified atom stereocenters. The zero-order valence-corrected chi connectivity index (χ0v) is 10.3. The van der Waals surface area contributed by atoms with E-state index in [4.69, 9.17) is 0 Å². The van der Waals surface area contributed by atoms with E-state index in [-0.39, 0.29) is 5.71 Å². The lowest BCUT2D eigenvalue weighted by atomic mass is 10.1. The summed E-state index contributed by atoms with van der Waals surface area (Å²) < 4.78 is 60.6. The van der Waals surface area contributed by atoms with Gasteiger partial charge in [0.15, 0.2) is 0 Å². The van der Waals surface area contributed by atoms with Crippen molar-refractivity contribution >= 4 is 15.8 Å². The molecular formula is C10H10F3NO3S. The second kappa shape index (κ2) is 4.97. The normalized spacial score (nSPS) is 13.5. The van der Waals surface area contributed by atoms with Gasteiger partial charge in [-0.15, -0.1) is 0 Å². The highest BCUT2D eigenvalue weighted by atomic mass is 32.2. The maximum absolute atomic E-state index is 12.0. The van der Waals surface area contributed by atoms with E-state index >= 15 is 0 Å². The summed E-state index contributed by atoms with van der Waals surface area (Å²) in [6, 6.07) is 6.62. The van der Waals surface area contributed by atoms with Crippen LogP contribution < -0.4 is 0 Å². The second-order valence-corrected chi connectivity index (χ2v) is 5.04. The maximum Gasteiger partial charge on any atom is 0.536 e. The van der Waals surface area contributed by atoms with Crippen molar-refractivity contribution < 1.29 is 25.9 Å². The van der Waals surface area contributed by atoms with Crippen LogP contribution >= 0.6 is 0 Å². The van der Waals surface area contributed by atoms with Crippen LogP contribution in [0.25, 0.3) is 0 Å². The molecule has 0 amide bonds. The van der Waals surface area contributed by atoms with Crippen LogP contribution in [0.3, 0.4) is 0 Å². The van der Waals surface area contributed by atoms with Gasteiger partial charge in [-0.2, -0.15) is 21.6 Å². The predicted octanol–water partition coefficient (Wildman–Crippen LogP) is 2.59. The number of benzene rings is 1. The molecule has 0 saturated heterocycles. The quantitative estimate of drug-likeness (QED) is 0.486. The third-order valence-electron chi connectivity index (χ3n) is 2.03. The van der Waals surface area contributed by atoms with E-state index in [1.54, 1.807) is 24.3 Å². The molecule has 0 spiro atoms. The SMILES string of the molecule is C/C(=N/OS(=O)(=O)C(F)(F)F)c1ccc(C)cc1. The molecule has 1 rings (SSSR count). The Morgan fingerprint density at radius 1 is 1.22 bits per heavy atom. The molecule has 18 heavy (non-hydrogen) atoms. The Bertz CT molecular complexity index is 547. The minimum absolute atomic E-state index is 0.0304. The van der Waals surface area contributed by atoms with Crippen molar-refractivity contribution in [3.05, 3.63) is 35.4 Å². The number of hydrogen-bond donors (Lipinski definition) is 0. The molecule has 0 atom stereocenters. The van der Waals surface area contributed by atoms with Crippen molar-refractivity contribution in [2.75, 3.05) is 0 Å². The van der Waals surface area contributed by atoms with Gasteiger partial charge in [-0.25, -0.2) is 0 Å². The number of halogens is 3. The van der Waals surface area contributed by atoms with Gasteiger partial charge in [-0.1, -0.05) is 35.0 Å². The third kappa shape index (κ3) is 3.46. The lowest BCUT2D eigenvalue weighted by Crippen LogP contribution is -2.24. The molecule has 0 aliphatic heterocycles. The molecule has 8 heteroatoms. The summed E-state index contributed by atoms with van der Waals surface area (Å²) in [7, 11) is -5.70. The Kier molecular flexibility index (Phi) is 4.00. The first-order valence-corrected chi connectivity index (χ1v) is 6.16. The van der Waals surface area contributed by atoms with E-state index < -0.39 is 15.6 Å². The number of rotatable bonds is 3. The molecule has 100 valence electrons. The summed E-state index contributed by atoms with van der Waals surface area (Å²) >= 11 is 0. The van der Waals surface area contributed by atoms with E-state index in [0.29, 0.717) is 5.56 Å². The van der Waals surface area contributed by atoms with Crippen molar-refractivity contribution in [1.29, 1.82) is 0 Å². The van der Waals surface area contributed by atoms with Crippen LogP contribution in [0.1, 0.15) is 18.1 Å². The molecular weight excluding hydrogens is 271 g/mol. The van der Waals surface area contributed by atoms with Gasteiger partial charge in [0.1, 0.15) is 0 Å². The summed E-state index contributed by atoms with van der Waals surface area (Å²) in [5.74, 6) is 0. The number of alkyl halides is 3. The van der Waals surface area contributed by atoms with Gasteiger partial charge in [0.25, 0.3) is 0 Å². The predicted molar refractivity (Wildman–Crippen MR) is 59.4 cm³/mol. The second-order valence-electron chi connectivity index (χ2n) is 3.52. The van der Waals surface area contributed by atoms with Gasteiger partial charge in [-0.3, -0.25) is 4.28 Å². The number of hydrogen-bond acceptors (Lipinski definition) is 4. The minimum atomic E-state index is -5.70. The fourth-order valence-electron chi connectivity index (χ4n) is 0.995. The number of aryl methyl sites for hydroxylation is 1. The summed E-state index contributed by atoms with van der Waals surface area (Å²) in [5.41, 5.74) is -4.03. The highest BCUT2D eigenvalue weighted by molar-refractivity contribution is 7.87. The van der Waals surface area contributed by atoms with Crippen molar-refractivity contribution in [2.45, 2.75) is 19.4 Å². The average molecular weight is 281 g/mol. The summed E-state index contributed by atoms with van der Waals surface area (Å²) in [5, 5.41) is 2.97. The molecule has 0 radical (unpaired) electrons. The number of nitrogens with zero attached hydrogens (tertiary/aromatic N) is 1. The summed E-state index contributed by atoms with van der Waals surface area (Å²) in [6.45, 7) is 3.18. The fourth-order valence-corrected chi connectivity index (χ4v) is 1.29. The van der Waals surface area contributed by atoms with E-state index in [1.165, 1.54) is 6.92 Å². The van der Waals surface area contributed by atoms with Gasteiger partial charge < -0.3 is 0 Å². The lowest BCUT2D eigenvalue weighted by molar-refractivity contribution is -0.0540. The first kappa shape index (κ1) is 14.5. The lowest BCUT2D eigenvalue weighted by Gasteiger charge is -2.05. The van der Waals surface area contributed by atoms with Crippen molar-refractivity contribution in [3.63, 3.8) is 0 Å². The molecule has 0 aliphatic rings. The first-order valence-electron chi connectivity index (χ1n) is 4.75. The Balaban J connectivity index is 2.89. The average Bonchev–Trinajstić information content (AvgIpc) is 2.25. The highest BCUT2D eigenvalue weighted by Crippen LogP contribution is 2.24. The van der Waals surface area contributed by atoms with Crippen molar-refractivity contribution in [1.82, 2.24) is 0 Å². The van der Waals surface area contributed by atoms with Gasteiger partial charge in [0.2, 0.25) is 0 Å². The fraction of sp³-hybridized carbons (Fsp3) is 0.300. The van der Waals surface area contributed by atoms with Gasteiger partial charge in [-0.05, 0) is 19.4 Å². The van der Waals surface area contributed by atoms with E-state index in [0.717, 1.165) is 5.56 Å². The van der Waals surface area contributed by atoms with Gasteiger partial charge >= 0.3 is 15.6 Å². The smallest absolute Gasteiger partial charge is 0.262 e. The molecule has 0 saturated carbocycles. The zero-order chi connectivity index (χ0) is 14.0. The standard InChI is InChI=1S/C10H10F3NO3S/c1-7-3-5-9(6-4-7)8(2)14-17-18(15,16)10(11,12)13/h3-6H,1-2H3/b14-8-. The molecule has 0 aliphatic carbocycles. The van der Waals surface area contributed by atoms with Crippen LogP contribution in [0.4, 0.5) is 13.2 Å². The molecule has 0 heterocycles. The number of oxime groups is 1. The molecule has 1 aromatic rings. The maximum atomic E-state index is 12.0. The van der Waals surface area contributed by atoms with Crippen LogP contribution in [0.5, 0.6) is 0 Å². The molecule has 1 aromatic carbocycles. The highest BCUT2D eigenvalue weighted by Gasteiger charge is 2.49. The molecule has 0 fully saturated rings. The summed E-state index contributed by atoms with van der Waals surface area (Å²) in [6.07, 6.45) is 0. The van der Waals surface area contributed by atoms with Crippen LogP contribution in [-0.4, -0.2) is 19.6 Å². The van der Waals surface area contributed by atoms with Gasteiger partial charge in [0.05, 0.1) is 5.71 Å². The topological polar surface area (TPSA) is 55.7 Å². The Morgan fingerprint density at radius 3 is 2.17 bits per heavy atom. The first-order chi connectivity index (χ1) is 8.13. The third-order valence-corrected chi connectivity index (χ3v) is 2.86. The Morgan fingerprint density at radius 2 is 1.72 bits per heavy atom. The van der Waals surface area contributed by atoms with Crippen LogP contribution in [0.15, 0.2) is 29.4 Å². The van der Waals surface area contributed by atoms with Crippen molar-refractivity contribution in [2.24, 2.45) is 5.16 Å². The molecule has 0 bridgehead atoms. The summed E-state index contributed by atoms with van der Waals surface area (Å²) in [4.78, 5) is 0.